The average molecular weight is 280 g/mol. The number of guanidine groups is 1. The molecule has 1 aliphatic carbocycles. The first-order valence-electron chi connectivity index (χ1n) is 8.45. The third-order valence-electron chi connectivity index (χ3n) is 4.76. The standard InChI is InChI=1S/C16H32N4/c1-13(2)20-10-6-7-14(12-20)11-18-16(17)19-15-8-4-3-5-9-15/h13-15H,3-12H2,1-2H3,(H3,17,18,19). The van der Waals surface area contributed by atoms with Gasteiger partial charge >= 0.3 is 0 Å². The Morgan fingerprint density at radius 3 is 2.65 bits per heavy atom. The maximum absolute atomic E-state index is 6.04. The van der Waals surface area contributed by atoms with Crippen molar-refractivity contribution in [2.45, 2.75) is 70.9 Å². The highest BCUT2D eigenvalue weighted by Gasteiger charge is 2.21. The van der Waals surface area contributed by atoms with Crippen LogP contribution in [0.1, 0.15) is 58.8 Å². The smallest absolute Gasteiger partial charge is 0.188 e. The number of nitrogens with zero attached hydrogens (tertiary/aromatic N) is 2. The van der Waals surface area contributed by atoms with Crippen LogP contribution in [0.4, 0.5) is 0 Å². The summed E-state index contributed by atoms with van der Waals surface area (Å²) in [6.45, 7) is 7.87. The van der Waals surface area contributed by atoms with Crippen LogP contribution in [-0.2, 0) is 0 Å². The monoisotopic (exact) mass is 280 g/mol. The first-order chi connectivity index (χ1) is 9.65. The third kappa shape index (κ3) is 4.97. The molecule has 116 valence electrons. The fourth-order valence-electron chi connectivity index (χ4n) is 3.44. The van der Waals surface area contributed by atoms with Gasteiger partial charge in [0.1, 0.15) is 0 Å². The first-order valence-corrected chi connectivity index (χ1v) is 8.45. The van der Waals surface area contributed by atoms with E-state index < -0.39 is 0 Å². The summed E-state index contributed by atoms with van der Waals surface area (Å²) < 4.78 is 0. The van der Waals surface area contributed by atoms with E-state index in [9.17, 15) is 0 Å². The lowest BCUT2D eigenvalue weighted by molar-refractivity contribution is 0.143. The van der Waals surface area contributed by atoms with Crippen LogP contribution in [-0.4, -0.2) is 42.6 Å². The molecule has 1 unspecified atom stereocenters. The van der Waals surface area contributed by atoms with Gasteiger partial charge in [-0.1, -0.05) is 19.3 Å². The summed E-state index contributed by atoms with van der Waals surface area (Å²) in [4.78, 5) is 7.16. The van der Waals surface area contributed by atoms with Gasteiger partial charge < -0.3 is 16.0 Å². The van der Waals surface area contributed by atoms with Crippen LogP contribution in [0.5, 0.6) is 0 Å². The maximum Gasteiger partial charge on any atom is 0.188 e. The predicted molar refractivity (Wildman–Crippen MR) is 85.9 cm³/mol. The highest BCUT2D eigenvalue weighted by molar-refractivity contribution is 5.78. The molecule has 0 aromatic heterocycles. The molecule has 1 atom stereocenters. The van der Waals surface area contributed by atoms with E-state index in [4.69, 9.17) is 5.73 Å². The molecule has 3 N–H and O–H groups in total. The van der Waals surface area contributed by atoms with Crippen molar-refractivity contribution in [3.8, 4) is 0 Å². The van der Waals surface area contributed by atoms with Crippen LogP contribution in [0.3, 0.4) is 0 Å². The summed E-state index contributed by atoms with van der Waals surface area (Å²) in [7, 11) is 0. The molecule has 0 aromatic carbocycles. The van der Waals surface area contributed by atoms with E-state index in [1.807, 2.05) is 0 Å². The summed E-state index contributed by atoms with van der Waals surface area (Å²) in [5, 5.41) is 3.41. The van der Waals surface area contributed by atoms with Gasteiger partial charge in [0.2, 0.25) is 0 Å². The van der Waals surface area contributed by atoms with Gasteiger partial charge in [-0.05, 0) is 52.0 Å². The zero-order chi connectivity index (χ0) is 14.4. The lowest BCUT2D eigenvalue weighted by Gasteiger charge is -2.34. The largest absolute Gasteiger partial charge is 0.370 e. The number of nitrogens with two attached hydrogens (primary N) is 1. The molecular weight excluding hydrogens is 248 g/mol. The van der Waals surface area contributed by atoms with Crippen LogP contribution < -0.4 is 11.1 Å². The van der Waals surface area contributed by atoms with Gasteiger partial charge in [0.25, 0.3) is 0 Å². The van der Waals surface area contributed by atoms with E-state index in [1.54, 1.807) is 0 Å². The molecule has 1 heterocycles. The topological polar surface area (TPSA) is 53.6 Å². The van der Waals surface area contributed by atoms with Crippen LogP contribution in [0.25, 0.3) is 0 Å². The number of piperidine rings is 1. The van der Waals surface area contributed by atoms with Crippen LogP contribution in [0, 0.1) is 5.92 Å². The Balaban J connectivity index is 1.73. The highest BCUT2D eigenvalue weighted by Crippen LogP contribution is 2.19. The van der Waals surface area contributed by atoms with Gasteiger partial charge in [-0.3, -0.25) is 4.99 Å². The van der Waals surface area contributed by atoms with Crippen molar-refractivity contribution in [3.63, 3.8) is 0 Å². The highest BCUT2D eigenvalue weighted by atomic mass is 15.2. The van der Waals surface area contributed by atoms with E-state index in [1.165, 1.54) is 58.0 Å². The fourth-order valence-corrected chi connectivity index (χ4v) is 3.44. The van der Waals surface area contributed by atoms with E-state index in [2.05, 4.69) is 29.1 Å². The molecule has 20 heavy (non-hydrogen) atoms. The van der Waals surface area contributed by atoms with Gasteiger partial charge in [-0.15, -0.1) is 0 Å². The second-order valence-electron chi connectivity index (χ2n) is 6.80. The molecular formula is C16H32N4. The predicted octanol–water partition coefficient (Wildman–Crippen LogP) is 2.34. The molecule has 1 saturated heterocycles. The molecule has 4 heteroatoms. The molecule has 2 aliphatic rings. The third-order valence-corrected chi connectivity index (χ3v) is 4.76. The molecule has 1 saturated carbocycles. The van der Waals surface area contributed by atoms with Gasteiger partial charge in [0, 0.05) is 25.2 Å². The lowest BCUT2D eigenvalue weighted by Crippen LogP contribution is -2.43. The van der Waals surface area contributed by atoms with Crippen molar-refractivity contribution in [3.05, 3.63) is 0 Å². The Hall–Kier alpha value is -0.770. The SMILES string of the molecule is CC(C)N1CCCC(CN=C(N)NC2CCCCC2)C1. The number of hydrogen-bond donors (Lipinski definition) is 2. The lowest BCUT2D eigenvalue weighted by atomic mass is 9.96. The van der Waals surface area contributed by atoms with Crippen molar-refractivity contribution in [1.82, 2.24) is 10.2 Å². The molecule has 0 amide bonds. The second kappa shape index (κ2) is 7.87. The van der Waals surface area contributed by atoms with Gasteiger partial charge in [-0.25, -0.2) is 0 Å². The van der Waals surface area contributed by atoms with Crippen molar-refractivity contribution >= 4 is 5.96 Å². The Morgan fingerprint density at radius 1 is 1.20 bits per heavy atom. The minimum absolute atomic E-state index is 0.561. The van der Waals surface area contributed by atoms with Crippen molar-refractivity contribution in [2.24, 2.45) is 16.6 Å². The van der Waals surface area contributed by atoms with Crippen LogP contribution >= 0.6 is 0 Å². The van der Waals surface area contributed by atoms with Crippen molar-refractivity contribution < 1.29 is 0 Å². The second-order valence-corrected chi connectivity index (χ2v) is 6.80. The maximum atomic E-state index is 6.04. The van der Waals surface area contributed by atoms with Crippen LogP contribution in [0.15, 0.2) is 4.99 Å². The fraction of sp³-hybridized carbons (Fsp3) is 0.938. The zero-order valence-corrected chi connectivity index (χ0v) is 13.3. The minimum atomic E-state index is 0.561. The molecule has 0 radical (unpaired) electrons. The van der Waals surface area contributed by atoms with E-state index in [0.29, 0.717) is 24.0 Å². The summed E-state index contributed by atoms with van der Waals surface area (Å²) in [6.07, 6.45) is 9.13. The number of nitrogens with one attached hydrogen (secondary N) is 1. The van der Waals surface area contributed by atoms with Crippen molar-refractivity contribution in [1.29, 1.82) is 0 Å². The molecule has 4 nitrogen and oxygen atoms in total. The summed E-state index contributed by atoms with van der Waals surface area (Å²) in [6, 6.07) is 1.21. The van der Waals surface area contributed by atoms with Gasteiger partial charge in [0.05, 0.1) is 0 Å². The van der Waals surface area contributed by atoms with E-state index in [-0.39, 0.29) is 0 Å². The van der Waals surface area contributed by atoms with E-state index in [0.717, 1.165) is 6.54 Å². The van der Waals surface area contributed by atoms with Gasteiger partial charge in [0.15, 0.2) is 5.96 Å². The molecule has 2 fully saturated rings. The summed E-state index contributed by atoms with van der Waals surface area (Å²) in [5.74, 6) is 1.34. The molecule has 0 bridgehead atoms. The first kappa shape index (κ1) is 15.6. The summed E-state index contributed by atoms with van der Waals surface area (Å²) >= 11 is 0. The molecule has 1 aliphatic heterocycles. The Kier molecular flexibility index (Phi) is 6.14. The Bertz CT molecular complexity index is 308. The molecule has 0 aromatic rings. The number of aliphatic imine (C=N–C) groups is 1. The Labute approximate surface area is 124 Å². The quantitative estimate of drug-likeness (QED) is 0.614. The molecule has 2 rings (SSSR count). The Morgan fingerprint density at radius 2 is 1.95 bits per heavy atom. The zero-order valence-electron chi connectivity index (χ0n) is 13.3. The van der Waals surface area contributed by atoms with E-state index >= 15 is 0 Å². The number of rotatable bonds is 4. The number of hydrogen-bond acceptors (Lipinski definition) is 2. The molecule has 0 spiro atoms. The van der Waals surface area contributed by atoms with Gasteiger partial charge in [-0.2, -0.15) is 0 Å². The van der Waals surface area contributed by atoms with Crippen LogP contribution in [0.2, 0.25) is 0 Å². The number of likely N-dealkylation sites (tertiary alicyclic amines) is 1. The average Bonchev–Trinajstić information content (AvgIpc) is 2.46. The van der Waals surface area contributed by atoms with Crippen molar-refractivity contribution in [2.75, 3.05) is 19.6 Å². The minimum Gasteiger partial charge on any atom is -0.370 e. The summed E-state index contributed by atoms with van der Waals surface area (Å²) in [5.41, 5.74) is 6.04. The normalized spacial score (nSPS) is 26.9.